The molecule has 0 N–H and O–H groups in total. The molecule has 2 heteroatoms. The van der Waals surface area contributed by atoms with E-state index in [-0.39, 0.29) is 0 Å². The molecule has 0 fully saturated rings. The van der Waals surface area contributed by atoms with Crippen molar-refractivity contribution in [1.29, 1.82) is 0 Å². The molecular formula is C14H14OS. The van der Waals surface area contributed by atoms with Crippen LogP contribution in [0.2, 0.25) is 0 Å². The van der Waals surface area contributed by atoms with Gasteiger partial charge in [0, 0.05) is 6.42 Å². The summed E-state index contributed by atoms with van der Waals surface area (Å²) >= 11 is 5.29. The summed E-state index contributed by atoms with van der Waals surface area (Å²) in [5.74, 6) is 0.837. The summed E-state index contributed by atoms with van der Waals surface area (Å²) in [6, 6.07) is 10.1. The van der Waals surface area contributed by atoms with E-state index in [1.807, 2.05) is 36.4 Å². The lowest BCUT2D eigenvalue weighted by atomic mass is 10.1. The van der Waals surface area contributed by atoms with Crippen molar-refractivity contribution < 1.29 is 4.74 Å². The van der Waals surface area contributed by atoms with E-state index in [1.165, 1.54) is 5.57 Å². The number of hydrogen-bond donors (Lipinski definition) is 0. The molecule has 1 aliphatic rings. The SMILES string of the molecule is CC1=CC=C(OCc2ccccc2)C(=S)C1. The first kappa shape index (κ1) is 11.1. The fourth-order valence-corrected chi connectivity index (χ4v) is 1.93. The molecule has 1 aromatic rings. The van der Waals surface area contributed by atoms with E-state index in [4.69, 9.17) is 17.0 Å². The van der Waals surface area contributed by atoms with Crippen LogP contribution in [0.3, 0.4) is 0 Å². The van der Waals surface area contributed by atoms with E-state index in [0.29, 0.717) is 6.61 Å². The summed E-state index contributed by atoms with van der Waals surface area (Å²) in [6.07, 6.45) is 4.87. The minimum atomic E-state index is 0.583. The highest BCUT2D eigenvalue weighted by Gasteiger charge is 2.10. The van der Waals surface area contributed by atoms with Crippen LogP contribution in [0.5, 0.6) is 0 Å². The fourth-order valence-electron chi connectivity index (χ4n) is 1.57. The molecule has 2 rings (SSSR count). The molecule has 0 aliphatic heterocycles. The monoisotopic (exact) mass is 230 g/mol. The van der Waals surface area contributed by atoms with E-state index in [9.17, 15) is 0 Å². The molecule has 0 aromatic heterocycles. The van der Waals surface area contributed by atoms with Crippen molar-refractivity contribution in [2.45, 2.75) is 20.0 Å². The maximum absolute atomic E-state index is 5.70. The topological polar surface area (TPSA) is 9.23 Å². The van der Waals surface area contributed by atoms with Crippen molar-refractivity contribution in [2.75, 3.05) is 0 Å². The second-order valence-corrected chi connectivity index (χ2v) is 4.41. The highest BCUT2D eigenvalue weighted by Crippen LogP contribution is 2.18. The summed E-state index contributed by atoms with van der Waals surface area (Å²) in [7, 11) is 0. The molecule has 0 amide bonds. The Bertz CT molecular complexity index is 443. The van der Waals surface area contributed by atoms with E-state index < -0.39 is 0 Å². The Kier molecular flexibility index (Phi) is 3.52. The Morgan fingerprint density at radius 3 is 2.62 bits per heavy atom. The second kappa shape index (κ2) is 5.08. The van der Waals surface area contributed by atoms with Gasteiger partial charge in [-0.05, 0) is 18.6 Å². The fraction of sp³-hybridized carbons (Fsp3) is 0.214. The van der Waals surface area contributed by atoms with Gasteiger partial charge in [0.15, 0.2) is 0 Å². The van der Waals surface area contributed by atoms with Gasteiger partial charge in [-0.15, -0.1) is 0 Å². The average Bonchev–Trinajstić information content (AvgIpc) is 2.29. The lowest BCUT2D eigenvalue weighted by molar-refractivity contribution is 0.217. The van der Waals surface area contributed by atoms with Crippen LogP contribution >= 0.6 is 12.2 Å². The third-order valence-corrected chi connectivity index (χ3v) is 2.82. The molecule has 16 heavy (non-hydrogen) atoms. The highest BCUT2D eigenvalue weighted by atomic mass is 32.1. The zero-order valence-electron chi connectivity index (χ0n) is 9.27. The van der Waals surface area contributed by atoms with Crippen molar-refractivity contribution in [1.82, 2.24) is 0 Å². The number of hydrogen-bond acceptors (Lipinski definition) is 2. The zero-order chi connectivity index (χ0) is 11.4. The molecule has 1 aromatic carbocycles. The molecule has 0 radical (unpaired) electrons. The summed E-state index contributed by atoms with van der Waals surface area (Å²) in [6.45, 7) is 2.66. The molecule has 0 heterocycles. The molecule has 0 spiro atoms. The third-order valence-electron chi connectivity index (χ3n) is 2.47. The molecule has 0 unspecified atom stereocenters. The third kappa shape index (κ3) is 2.80. The van der Waals surface area contributed by atoms with Crippen molar-refractivity contribution in [3.8, 4) is 0 Å². The molecule has 0 bridgehead atoms. The average molecular weight is 230 g/mol. The quantitative estimate of drug-likeness (QED) is 0.730. The standard InChI is InChI=1S/C14H14OS/c1-11-7-8-13(14(16)9-11)15-10-12-5-3-2-4-6-12/h2-8H,9-10H2,1H3. The van der Waals surface area contributed by atoms with Gasteiger partial charge in [-0.25, -0.2) is 0 Å². The van der Waals surface area contributed by atoms with Crippen LogP contribution in [-0.2, 0) is 11.3 Å². The van der Waals surface area contributed by atoms with Crippen LogP contribution in [0, 0.1) is 0 Å². The normalized spacial score (nSPS) is 15.4. The number of ether oxygens (including phenoxy) is 1. The van der Waals surface area contributed by atoms with Crippen LogP contribution in [0.4, 0.5) is 0 Å². The van der Waals surface area contributed by atoms with Crippen molar-refractivity contribution in [3.63, 3.8) is 0 Å². The molecule has 0 saturated heterocycles. The molecule has 0 saturated carbocycles. The van der Waals surface area contributed by atoms with Gasteiger partial charge in [-0.3, -0.25) is 0 Å². The molecule has 82 valence electrons. The zero-order valence-corrected chi connectivity index (χ0v) is 10.1. The van der Waals surface area contributed by atoms with E-state index >= 15 is 0 Å². The number of rotatable bonds is 3. The predicted octanol–water partition coefficient (Wildman–Crippen LogP) is 3.81. The Hall–Kier alpha value is -1.41. The lowest BCUT2D eigenvalue weighted by Crippen LogP contribution is -2.07. The van der Waals surface area contributed by atoms with Crippen LogP contribution in [0.1, 0.15) is 18.9 Å². The Morgan fingerprint density at radius 2 is 1.94 bits per heavy atom. The maximum Gasteiger partial charge on any atom is 0.134 e. The van der Waals surface area contributed by atoms with Gasteiger partial charge >= 0.3 is 0 Å². The Balaban J connectivity index is 1.99. The predicted molar refractivity (Wildman–Crippen MR) is 70.3 cm³/mol. The smallest absolute Gasteiger partial charge is 0.134 e. The first-order valence-corrected chi connectivity index (χ1v) is 5.74. The number of thiocarbonyl (C=S) groups is 1. The summed E-state index contributed by atoms with van der Waals surface area (Å²) in [5, 5.41) is 0. The largest absolute Gasteiger partial charge is 0.488 e. The van der Waals surface area contributed by atoms with Crippen LogP contribution in [0.25, 0.3) is 0 Å². The van der Waals surface area contributed by atoms with Crippen LogP contribution < -0.4 is 0 Å². The highest BCUT2D eigenvalue weighted by molar-refractivity contribution is 7.80. The Labute approximate surface area is 101 Å². The van der Waals surface area contributed by atoms with Crippen molar-refractivity contribution in [3.05, 3.63) is 59.4 Å². The Morgan fingerprint density at radius 1 is 1.19 bits per heavy atom. The maximum atomic E-state index is 5.70. The van der Waals surface area contributed by atoms with E-state index in [1.54, 1.807) is 0 Å². The number of benzene rings is 1. The summed E-state index contributed by atoms with van der Waals surface area (Å²) < 4.78 is 5.70. The van der Waals surface area contributed by atoms with Crippen LogP contribution in [0.15, 0.2) is 53.8 Å². The van der Waals surface area contributed by atoms with Gasteiger partial charge in [-0.2, -0.15) is 0 Å². The lowest BCUT2D eigenvalue weighted by Gasteiger charge is -2.14. The van der Waals surface area contributed by atoms with Crippen molar-refractivity contribution in [2.24, 2.45) is 0 Å². The van der Waals surface area contributed by atoms with Gasteiger partial charge < -0.3 is 4.74 Å². The van der Waals surface area contributed by atoms with Gasteiger partial charge in [0.1, 0.15) is 12.4 Å². The van der Waals surface area contributed by atoms with Crippen LogP contribution in [-0.4, -0.2) is 4.86 Å². The molecule has 0 atom stereocenters. The second-order valence-electron chi connectivity index (χ2n) is 3.92. The van der Waals surface area contributed by atoms with Gasteiger partial charge in [0.25, 0.3) is 0 Å². The first-order chi connectivity index (χ1) is 7.75. The molecular weight excluding hydrogens is 216 g/mol. The summed E-state index contributed by atoms with van der Waals surface area (Å²) in [4.78, 5) is 0.899. The van der Waals surface area contributed by atoms with E-state index in [2.05, 4.69) is 13.0 Å². The van der Waals surface area contributed by atoms with Crippen molar-refractivity contribution >= 4 is 17.1 Å². The summed E-state index contributed by atoms with van der Waals surface area (Å²) in [5.41, 5.74) is 2.45. The van der Waals surface area contributed by atoms with Gasteiger partial charge in [-0.1, -0.05) is 54.2 Å². The number of allylic oxidation sites excluding steroid dienone is 4. The molecule has 1 aliphatic carbocycles. The first-order valence-electron chi connectivity index (χ1n) is 5.33. The van der Waals surface area contributed by atoms with Gasteiger partial charge in [0.05, 0.1) is 4.86 Å². The minimum Gasteiger partial charge on any atom is -0.488 e. The van der Waals surface area contributed by atoms with E-state index in [0.717, 1.165) is 22.6 Å². The minimum absolute atomic E-state index is 0.583. The van der Waals surface area contributed by atoms with Gasteiger partial charge in [0.2, 0.25) is 0 Å². The molecule has 1 nitrogen and oxygen atoms in total.